The SMILES string of the molecule is COC(=O)CCn1c(=S)[nH]c2c(C)ccnc21. The van der Waals surface area contributed by atoms with Gasteiger partial charge in [-0.1, -0.05) is 0 Å². The molecule has 2 aromatic heterocycles. The number of H-pyrrole nitrogens is 1. The van der Waals surface area contributed by atoms with E-state index >= 15 is 0 Å². The second-order valence-corrected chi connectivity index (χ2v) is 4.12. The molecule has 0 saturated heterocycles. The fraction of sp³-hybridized carbons (Fsp3) is 0.364. The topological polar surface area (TPSA) is 59.9 Å². The quantitative estimate of drug-likeness (QED) is 0.669. The maximum atomic E-state index is 11.1. The summed E-state index contributed by atoms with van der Waals surface area (Å²) in [7, 11) is 1.37. The second-order valence-electron chi connectivity index (χ2n) is 3.73. The smallest absolute Gasteiger partial charge is 0.307 e. The Bertz CT molecular complexity index is 615. The van der Waals surface area contributed by atoms with E-state index in [4.69, 9.17) is 12.2 Å². The van der Waals surface area contributed by atoms with E-state index in [2.05, 4.69) is 14.7 Å². The standard InChI is InChI=1S/C11H13N3O2S/c1-7-3-5-12-10-9(7)13-11(17)14(10)6-4-8(15)16-2/h3,5H,4,6H2,1-2H3,(H,13,17). The van der Waals surface area contributed by atoms with E-state index in [9.17, 15) is 4.79 Å². The van der Waals surface area contributed by atoms with Gasteiger partial charge < -0.3 is 14.3 Å². The van der Waals surface area contributed by atoms with Crippen molar-refractivity contribution >= 4 is 29.4 Å². The largest absolute Gasteiger partial charge is 0.469 e. The third-order valence-corrected chi connectivity index (χ3v) is 2.96. The van der Waals surface area contributed by atoms with E-state index in [0.717, 1.165) is 16.7 Å². The Morgan fingerprint density at radius 2 is 2.41 bits per heavy atom. The van der Waals surface area contributed by atoms with Crippen molar-refractivity contribution in [2.45, 2.75) is 19.9 Å². The van der Waals surface area contributed by atoms with Crippen LogP contribution in [0.4, 0.5) is 0 Å². The first-order chi connectivity index (χ1) is 8.13. The van der Waals surface area contributed by atoms with Gasteiger partial charge in [0, 0.05) is 12.7 Å². The highest BCUT2D eigenvalue weighted by atomic mass is 32.1. The lowest BCUT2D eigenvalue weighted by Gasteiger charge is -2.02. The third kappa shape index (κ3) is 2.21. The van der Waals surface area contributed by atoms with Crippen LogP contribution in [0.3, 0.4) is 0 Å². The van der Waals surface area contributed by atoms with E-state index in [0.29, 0.717) is 11.3 Å². The minimum absolute atomic E-state index is 0.256. The van der Waals surface area contributed by atoms with E-state index < -0.39 is 0 Å². The molecule has 0 spiro atoms. The molecular weight excluding hydrogens is 238 g/mol. The summed E-state index contributed by atoms with van der Waals surface area (Å²) in [6.45, 7) is 2.46. The van der Waals surface area contributed by atoms with E-state index in [1.807, 2.05) is 17.6 Å². The Balaban J connectivity index is 2.40. The Morgan fingerprint density at radius 3 is 3.12 bits per heavy atom. The van der Waals surface area contributed by atoms with Gasteiger partial charge >= 0.3 is 5.97 Å². The molecule has 0 amide bonds. The summed E-state index contributed by atoms with van der Waals surface area (Å²) < 4.78 is 7.00. The molecule has 0 fully saturated rings. The molecule has 90 valence electrons. The average molecular weight is 251 g/mol. The van der Waals surface area contributed by atoms with Crippen LogP contribution < -0.4 is 0 Å². The zero-order chi connectivity index (χ0) is 12.4. The molecule has 0 bridgehead atoms. The first-order valence-electron chi connectivity index (χ1n) is 5.24. The molecular formula is C11H13N3O2S. The Kier molecular flexibility index (Phi) is 3.23. The second kappa shape index (κ2) is 4.67. The molecule has 0 aliphatic rings. The summed E-state index contributed by atoms with van der Waals surface area (Å²) in [6, 6.07) is 1.91. The van der Waals surface area contributed by atoms with Crippen molar-refractivity contribution in [2.24, 2.45) is 0 Å². The summed E-state index contributed by atoms with van der Waals surface area (Å²) in [5.74, 6) is -0.256. The molecule has 2 heterocycles. The van der Waals surface area contributed by atoms with Gasteiger partial charge in [-0.3, -0.25) is 4.79 Å². The van der Waals surface area contributed by atoms with Crippen molar-refractivity contribution in [1.82, 2.24) is 14.5 Å². The number of aromatic amines is 1. The van der Waals surface area contributed by atoms with E-state index in [1.54, 1.807) is 6.20 Å². The molecule has 0 aliphatic carbocycles. The number of imidazole rings is 1. The number of hydrogen-bond acceptors (Lipinski definition) is 4. The van der Waals surface area contributed by atoms with Gasteiger partial charge in [-0.2, -0.15) is 0 Å². The molecule has 0 unspecified atom stereocenters. The highest BCUT2D eigenvalue weighted by molar-refractivity contribution is 7.71. The number of esters is 1. The summed E-state index contributed by atoms with van der Waals surface area (Å²) in [4.78, 5) is 18.5. The lowest BCUT2D eigenvalue weighted by molar-refractivity contribution is -0.140. The molecule has 0 aromatic carbocycles. The van der Waals surface area contributed by atoms with Crippen molar-refractivity contribution in [2.75, 3.05) is 7.11 Å². The molecule has 2 aromatic rings. The molecule has 0 atom stereocenters. The first-order valence-corrected chi connectivity index (χ1v) is 5.65. The van der Waals surface area contributed by atoms with Crippen LogP contribution in [0.5, 0.6) is 0 Å². The van der Waals surface area contributed by atoms with E-state index in [-0.39, 0.29) is 12.4 Å². The number of rotatable bonds is 3. The molecule has 2 rings (SSSR count). The molecule has 0 aliphatic heterocycles. The number of hydrogen-bond donors (Lipinski definition) is 1. The Hall–Kier alpha value is -1.69. The van der Waals surface area contributed by atoms with Gasteiger partial charge in [-0.15, -0.1) is 0 Å². The zero-order valence-electron chi connectivity index (χ0n) is 9.69. The number of aromatic nitrogens is 3. The predicted octanol–water partition coefficient (Wildman–Crippen LogP) is 1.97. The third-order valence-electron chi connectivity index (χ3n) is 2.64. The molecule has 6 heteroatoms. The van der Waals surface area contributed by atoms with Crippen LogP contribution in [0.25, 0.3) is 11.2 Å². The van der Waals surface area contributed by atoms with Gasteiger partial charge in [0.2, 0.25) is 0 Å². The van der Waals surface area contributed by atoms with Crippen LogP contribution in [0.2, 0.25) is 0 Å². The number of methoxy groups -OCH3 is 1. The maximum absolute atomic E-state index is 11.1. The highest BCUT2D eigenvalue weighted by Gasteiger charge is 2.09. The first kappa shape index (κ1) is 11.8. The minimum Gasteiger partial charge on any atom is -0.469 e. The zero-order valence-corrected chi connectivity index (χ0v) is 10.5. The fourth-order valence-corrected chi connectivity index (χ4v) is 1.97. The van der Waals surface area contributed by atoms with Crippen LogP contribution in [0, 0.1) is 11.7 Å². The van der Waals surface area contributed by atoms with Gasteiger partial charge in [0.1, 0.15) is 0 Å². The van der Waals surface area contributed by atoms with Crippen molar-refractivity contribution < 1.29 is 9.53 Å². The van der Waals surface area contributed by atoms with Crippen molar-refractivity contribution in [3.8, 4) is 0 Å². The van der Waals surface area contributed by atoms with Crippen molar-refractivity contribution in [3.63, 3.8) is 0 Å². The van der Waals surface area contributed by atoms with Crippen LogP contribution >= 0.6 is 12.2 Å². The Morgan fingerprint density at radius 1 is 1.65 bits per heavy atom. The van der Waals surface area contributed by atoms with Gasteiger partial charge in [0.15, 0.2) is 10.4 Å². The summed E-state index contributed by atoms with van der Waals surface area (Å²) in [5, 5.41) is 0. The molecule has 5 nitrogen and oxygen atoms in total. The number of nitrogens with zero attached hydrogens (tertiary/aromatic N) is 2. The van der Waals surface area contributed by atoms with Crippen molar-refractivity contribution in [1.29, 1.82) is 0 Å². The predicted molar refractivity (Wildman–Crippen MR) is 66.3 cm³/mol. The number of fused-ring (bicyclic) bond motifs is 1. The van der Waals surface area contributed by atoms with Crippen LogP contribution in [0.1, 0.15) is 12.0 Å². The summed E-state index contributed by atoms with van der Waals surface area (Å²) in [6.07, 6.45) is 2.02. The highest BCUT2D eigenvalue weighted by Crippen LogP contribution is 2.15. The number of carbonyl (C=O) groups excluding carboxylic acids is 1. The maximum Gasteiger partial charge on any atom is 0.307 e. The van der Waals surface area contributed by atoms with Gasteiger partial charge in [-0.25, -0.2) is 4.98 Å². The minimum atomic E-state index is -0.256. The summed E-state index contributed by atoms with van der Waals surface area (Å²) >= 11 is 5.22. The number of ether oxygens (including phenoxy) is 1. The molecule has 1 N–H and O–H groups in total. The number of carbonyl (C=O) groups is 1. The van der Waals surface area contributed by atoms with Crippen LogP contribution in [-0.2, 0) is 16.1 Å². The molecule has 0 saturated carbocycles. The number of nitrogens with one attached hydrogen (secondary N) is 1. The van der Waals surface area contributed by atoms with Crippen LogP contribution in [0.15, 0.2) is 12.3 Å². The van der Waals surface area contributed by atoms with Gasteiger partial charge in [0.25, 0.3) is 0 Å². The average Bonchev–Trinajstić information content (AvgIpc) is 2.64. The lowest BCUT2D eigenvalue weighted by Crippen LogP contribution is -2.07. The van der Waals surface area contributed by atoms with Gasteiger partial charge in [-0.05, 0) is 30.8 Å². The molecule has 17 heavy (non-hydrogen) atoms. The number of pyridine rings is 1. The lowest BCUT2D eigenvalue weighted by atomic mass is 10.3. The summed E-state index contributed by atoms with van der Waals surface area (Å²) in [5.41, 5.74) is 2.78. The normalized spacial score (nSPS) is 10.7. The Labute approximate surface area is 103 Å². The monoisotopic (exact) mass is 251 g/mol. The number of aryl methyl sites for hydroxylation is 2. The van der Waals surface area contributed by atoms with Gasteiger partial charge in [0.05, 0.1) is 19.0 Å². The van der Waals surface area contributed by atoms with E-state index in [1.165, 1.54) is 7.11 Å². The molecule has 0 radical (unpaired) electrons. The van der Waals surface area contributed by atoms with Crippen molar-refractivity contribution in [3.05, 3.63) is 22.6 Å². The van der Waals surface area contributed by atoms with Crippen LogP contribution in [-0.4, -0.2) is 27.6 Å². The fourth-order valence-electron chi connectivity index (χ4n) is 1.69.